The van der Waals surface area contributed by atoms with Crippen LogP contribution in [0.3, 0.4) is 0 Å². The normalized spacial score (nSPS) is 21.9. The molecule has 0 saturated carbocycles. The number of allylic oxidation sites excluding steroid dienone is 3. The Labute approximate surface area is 162 Å². The van der Waals surface area contributed by atoms with Crippen molar-refractivity contribution < 1.29 is 24.9 Å². The highest BCUT2D eigenvalue weighted by molar-refractivity contribution is 6.25. The number of aliphatic hydroxyl groups is 3. The Morgan fingerprint density at radius 3 is 2.11 bits per heavy atom. The third kappa shape index (κ3) is 5.10. The van der Waals surface area contributed by atoms with E-state index in [1.165, 1.54) is 0 Å². The first-order valence-corrected chi connectivity index (χ1v) is 9.62. The van der Waals surface area contributed by atoms with Crippen LogP contribution in [0.4, 0.5) is 0 Å². The standard InChI is InChI=1S/C22H34O5/c1-12(2)8-9-16-19(24)18(17(23)10-13(3)4)21(26)22(27,20(16)25)11-15(7)14(5)6/h8,13-15,24-25,27H,9-11H2,1-7H3/t15?,22-/m1/s1. The molecule has 0 heterocycles. The first-order valence-electron chi connectivity index (χ1n) is 9.62. The van der Waals surface area contributed by atoms with Gasteiger partial charge >= 0.3 is 0 Å². The van der Waals surface area contributed by atoms with Crippen LogP contribution in [-0.2, 0) is 9.59 Å². The molecule has 0 amide bonds. The molecule has 0 fully saturated rings. The highest BCUT2D eigenvalue weighted by atomic mass is 16.3. The van der Waals surface area contributed by atoms with Gasteiger partial charge in [0.1, 0.15) is 17.1 Å². The van der Waals surface area contributed by atoms with E-state index in [4.69, 9.17) is 0 Å². The molecule has 0 spiro atoms. The molecule has 3 N–H and O–H groups in total. The lowest BCUT2D eigenvalue weighted by molar-refractivity contribution is -0.137. The predicted octanol–water partition coefficient (Wildman–Crippen LogP) is 4.58. The molecule has 0 saturated heterocycles. The molecule has 0 aromatic carbocycles. The lowest BCUT2D eigenvalue weighted by Gasteiger charge is -2.35. The van der Waals surface area contributed by atoms with Gasteiger partial charge in [-0.15, -0.1) is 0 Å². The van der Waals surface area contributed by atoms with E-state index in [2.05, 4.69) is 0 Å². The third-order valence-corrected chi connectivity index (χ3v) is 5.15. The Morgan fingerprint density at radius 1 is 1.11 bits per heavy atom. The van der Waals surface area contributed by atoms with Gasteiger partial charge in [-0.25, -0.2) is 0 Å². The van der Waals surface area contributed by atoms with Crippen LogP contribution in [0.25, 0.3) is 0 Å². The van der Waals surface area contributed by atoms with Crippen molar-refractivity contribution in [3.05, 3.63) is 34.3 Å². The second kappa shape index (κ2) is 8.87. The molecular weight excluding hydrogens is 344 g/mol. The van der Waals surface area contributed by atoms with Crippen LogP contribution in [0.2, 0.25) is 0 Å². The summed E-state index contributed by atoms with van der Waals surface area (Å²) in [6, 6.07) is 0. The summed E-state index contributed by atoms with van der Waals surface area (Å²) in [5.41, 5.74) is -1.59. The van der Waals surface area contributed by atoms with Crippen LogP contribution in [-0.4, -0.2) is 32.5 Å². The topological polar surface area (TPSA) is 94.8 Å². The van der Waals surface area contributed by atoms with Crippen LogP contribution in [0.15, 0.2) is 34.3 Å². The van der Waals surface area contributed by atoms with E-state index >= 15 is 0 Å². The minimum Gasteiger partial charge on any atom is -0.508 e. The maximum absolute atomic E-state index is 13.0. The quantitative estimate of drug-likeness (QED) is 0.424. The second-order valence-electron chi connectivity index (χ2n) is 8.67. The Bertz CT molecular complexity index is 689. The van der Waals surface area contributed by atoms with E-state index in [9.17, 15) is 24.9 Å². The van der Waals surface area contributed by atoms with Crippen molar-refractivity contribution in [3.63, 3.8) is 0 Å². The lowest BCUT2D eigenvalue weighted by atomic mass is 9.73. The third-order valence-electron chi connectivity index (χ3n) is 5.15. The van der Waals surface area contributed by atoms with Crippen LogP contribution in [0.5, 0.6) is 0 Å². The molecule has 0 aliphatic heterocycles. The van der Waals surface area contributed by atoms with Gasteiger partial charge in [-0.2, -0.15) is 0 Å². The Hall–Kier alpha value is -1.88. The van der Waals surface area contributed by atoms with Crippen LogP contribution in [0, 0.1) is 17.8 Å². The highest BCUT2D eigenvalue weighted by Crippen LogP contribution is 2.40. The fourth-order valence-electron chi connectivity index (χ4n) is 3.06. The van der Waals surface area contributed by atoms with Crippen molar-refractivity contribution in [1.29, 1.82) is 0 Å². The molecule has 5 heteroatoms. The van der Waals surface area contributed by atoms with Crippen molar-refractivity contribution in [1.82, 2.24) is 0 Å². The summed E-state index contributed by atoms with van der Waals surface area (Å²) in [6.07, 6.45) is 1.97. The molecule has 1 aliphatic rings. The Kier molecular flexibility index (Phi) is 7.61. The largest absolute Gasteiger partial charge is 0.508 e. The molecule has 0 aromatic heterocycles. The average Bonchev–Trinajstić information content (AvgIpc) is 2.52. The lowest BCUT2D eigenvalue weighted by Crippen LogP contribution is -2.48. The highest BCUT2D eigenvalue weighted by Gasteiger charge is 2.50. The molecule has 0 bridgehead atoms. The minimum absolute atomic E-state index is 0.00554. The Balaban J connectivity index is 3.56. The van der Waals surface area contributed by atoms with Crippen molar-refractivity contribution in [2.45, 2.75) is 73.3 Å². The molecule has 1 aliphatic carbocycles. The number of carbonyl (C=O) groups is 2. The number of hydrogen-bond acceptors (Lipinski definition) is 5. The molecule has 1 unspecified atom stereocenters. The summed E-state index contributed by atoms with van der Waals surface area (Å²) in [6.45, 7) is 13.2. The zero-order valence-corrected chi connectivity index (χ0v) is 17.6. The van der Waals surface area contributed by atoms with Crippen molar-refractivity contribution >= 4 is 11.6 Å². The van der Waals surface area contributed by atoms with Crippen molar-refractivity contribution in [3.8, 4) is 0 Å². The van der Waals surface area contributed by atoms with E-state index in [-0.39, 0.29) is 42.6 Å². The van der Waals surface area contributed by atoms with Gasteiger partial charge in [-0.05, 0) is 44.4 Å². The number of carbonyl (C=O) groups excluding carboxylic acids is 2. The van der Waals surface area contributed by atoms with Gasteiger partial charge in [0.05, 0.1) is 0 Å². The number of rotatable bonds is 8. The number of aliphatic hydroxyl groups excluding tert-OH is 2. The number of ketones is 2. The van der Waals surface area contributed by atoms with Crippen molar-refractivity contribution in [2.75, 3.05) is 0 Å². The molecule has 0 aromatic rings. The predicted molar refractivity (Wildman–Crippen MR) is 106 cm³/mol. The van der Waals surface area contributed by atoms with Gasteiger partial charge in [0, 0.05) is 12.0 Å². The average molecular weight is 379 g/mol. The fourth-order valence-corrected chi connectivity index (χ4v) is 3.06. The van der Waals surface area contributed by atoms with E-state index < -0.39 is 34.3 Å². The molecule has 2 atom stereocenters. The van der Waals surface area contributed by atoms with Gasteiger partial charge in [0.25, 0.3) is 0 Å². The van der Waals surface area contributed by atoms with E-state index in [1.54, 1.807) is 6.08 Å². The molecule has 27 heavy (non-hydrogen) atoms. The Morgan fingerprint density at radius 2 is 1.67 bits per heavy atom. The first-order chi connectivity index (χ1) is 12.3. The summed E-state index contributed by atoms with van der Waals surface area (Å²) in [7, 11) is 0. The van der Waals surface area contributed by atoms with E-state index in [0.717, 1.165) is 5.57 Å². The summed E-state index contributed by atoms with van der Waals surface area (Å²) in [5, 5.41) is 32.5. The number of hydrogen-bond donors (Lipinski definition) is 3. The SMILES string of the molecule is CC(C)=CCC1=C(O)[C@](O)(CC(C)C(C)C)C(=O)C(C(=O)CC(C)C)=C1O. The summed E-state index contributed by atoms with van der Waals surface area (Å²) in [5.74, 6) is -2.38. The number of Topliss-reactive ketones (excluding diaryl/α,β-unsaturated/α-hetero) is 2. The zero-order valence-electron chi connectivity index (χ0n) is 17.6. The maximum atomic E-state index is 13.0. The maximum Gasteiger partial charge on any atom is 0.209 e. The first kappa shape index (κ1) is 23.2. The van der Waals surface area contributed by atoms with Gasteiger partial charge in [0.15, 0.2) is 11.4 Å². The van der Waals surface area contributed by atoms with Crippen LogP contribution >= 0.6 is 0 Å². The van der Waals surface area contributed by atoms with E-state index in [0.29, 0.717) is 0 Å². The van der Waals surface area contributed by atoms with Crippen LogP contribution in [0.1, 0.15) is 67.7 Å². The monoisotopic (exact) mass is 378 g/mol. The molecular formula is C22H34O5. The minimum atomic E-state index is -2.19. The zero-order chi connectivity index (χ0) is 21.1. The van der Waals surface area contributed by atoms with Gasteiger partial charge in [0.2, 0.25) is 5.78 Å². The van der Waals surface area contributed by atoms with Gasteiger partial charge in [-0.1, -0.05) is 46.3 Å². The fraction of sp³-hybridized carbons (Fsp3) is 0.636. The second-order valence-corrected chi connectivity index (χ2v) is 8.67. The smallest absolute Gasteiger partial charge is 0.209 e. The summed E-state index contributed by atoms with van der Waals surface area (Å²) >= 11 is 0. The van der Waals surface area contributed by atoms with Gasteiger partial charge in [-0.3, -0.25) is 9.59 Å². The summed E-state index contributed by atoms with van der Waals surface area (Å²) < 4.78 is 0. The molecule has 152 valence electrons. The molecule has 1 rings (SSSR count). The molecule has 5 nitrogen and oxygen atoms in total. The molecule has 0 radical (unpaired) electrons. The summed E-state index contributed by atoms with van der Waals surface area (Å²) in [4.78, 5) is 25.7. The van der Waals surface area contributed by atoms with Crippen molar-refractivity contribution in [2.24, 2.45) is 17.8 Å². The van der Waals surface area contributed by atoms with E-state index in [1.807, 2.05) is 48.5 Å². The van der Waals surface area contributed by atoms with Crippen LogP contribution < -0.4 is 0 Å². The van der Waals surface area contributed by atoms with Gasteiger partial charge < -0.3 is 15.3 Å².